The Hall–Kier alpha value is -3.34. The second-order valence-electron chi connectivity index (χ2n) is 6.29. The van der Waals surface area contributed by atoms with Gasteiger partial charge in [0.1, 0.15) is 17.1 Å². The molecular formula is C21H19NO4. The lowest BCUT2D eigenvalue weighted by molar-refractivity contribution is -0.123. The maximum atomic E-state index is 11.9. The number of aliphatic hydroxyl groups excluding tert-OH is 1. The summed E-state index contributed by atoms with van der Waals surface area (Å²) in [5.74, 6) is -1.07. The quantitative estimate of drug-likeness (QED) is 0.385. The van der Waals surface area contributed by atoms with Crippen molar-refractivity contribution in [1.82, 2.24) is 4.90 Å². The topological polar surface area (TPSA) is 77.8 Å². The van der Waals surface area contributed by atoms with Crippen LogP contribution < -0.4 is 0 Å². The number of aromatic hydroxyl groups is 1. The maximum absolute atomic E-state index is 11.9. The molecule has 1 fully saturated rings. The van der Waals surface area contributed by atoms with Gasteiger partial charge in [0, 0.05) is 12.6 Å². The van der Waals surface area contributed by atoms with Gasteiger partial charge in [0.15, 0.2) is 5.78 Å². The van der Waals surface area contributed by atoms with Gasteiger partial charge in [-0.1, -0.05) is 42.0 Å². The highest BCUT2D eigenvalue weighted by molar-refractivity contribution is 6.25. The van der Waals surface area contributed by atoms with E-state index in [4.69, 9.17) is 0 Å². The first-order chi connectivity index (χ1) is 12.4. The molecule has 1 saturated heterocycles. The number of Topliss-reactive ketones (excluding diaryl/α,β-unsaturated/α-hetero) is 1. The van der Waals surface area contributed by atoms with Gasteiger partial charge >= 0.3 is 0 Å². The lowest BCUT2D eigenvalue weighted by Gasteiger charge is -2.06. The second-order valence-corrected chi connectivity index (χ2v) is 6.29. The molecule has 3 rings (SSSR count). The van der Waals surface area contributed by atoms with Crippen molar-refractivity contribution in [3.05, 3.63) is 71.0 Å². The lowest BCUT2D eigenvalue weighted by atomic mass is 10.0. The molecule has 0 saturated carbocycles. The molecule has 2 N–H and O–H groups in total. The van der Waals surface area contributed by atoms with Gasteiger partial charge < -0.3 is 15.1 Å². The molecule has 0 aromatic heterocycles. The van der Waals surface area contributed by atoms with Gasteiger partial charge in [-0.3, -0.25) is 9.59 Å². The molecule has 1 aliphatic heterocycles. The molecule has 26 heavy (non-hydrogen) atoms. The second kappa shape index (κ2) is 6.88. The summed E-state index contributed by atoms with van der Waals surface area (Å²) in [6, 6.07) is 11.2. The van der Waals surface area contributed by atoms with Gasteiger partial charge in [-0.05, 0) is 35.9 Å². The van der Waals surface area contributed by atoms with E-state index in [1.807, 2.05) is 30.3 Å². The van der Waals surface area contributed by atoms with E-state index < -0.39 is 11.7 Å². The third kappa shape index (κ3) is 3.24. The van der Waals surface area contributed by atoms with Gasteiger partial charge in [0.05, 0.1) is 6.54 Å². The Morgan fingerprint density at radius 1 is 1.12 bits per heavy atom. The predicted octanol–water partition coefficient (Wildman–Crippen LogP) is 3.36. The van der Waals surface area contributed by atoms with E-state index in [9.17, 15) is 19.8 Å². The van der Waals surface area contributed by atoms with Crippen molar-refractivity contribution < 1.29 is 19.8 Å². The fraction of sp³-hybridized carbons (Fsp3) is 0.143. The first kappa shape index (κ1) is 17.5. The van der Waals surface area contributed by atoms with Crippen LogP contribution in [0.1, 0.15) is 12.5 Å². The summed E-state index contributed by atoms with van der Waals surface area (Å²) in [5, 5.41) is 22.2. The number of likely N-dealkylation sites (tertiary alicyclic amines) is 1. The van der Waals surface area contributed by atoms with Crippen molar-refractivity contribution in [2.24, 2.45) is 0 Å². The Morgan fingerprint density at radius 2 is 1.85 bits per heavy atom. The number of carbonyl (C=O) groups excluding carboxylic acids is 2. The number of carbonyl (C=O) groups is 2. The van der Waals surface area contributed by atoms with Crippen molar-refractivity contribution in [1.29, 1.82) is 0 Å². The van der Waals surface area contributed by atoms with Gasteiger partial charge in [0.2, 0.25) is 0 Å². The molecule has 2 aromatic rings. The van der Waals surface area contributed by atoms with Crippen LogP contribution >= 0.6 is 0 Å². The van der Waals surface area contributed by atoms with E-state index in [1.165, 1.54) is 18.0 Å². The number of fused-ring (bicyclic) bond motifs is 1. The zero-order valence-electron chi connectivity index (χ0n) is 14.6. The van der Waals surface area contributed by atoms with Crippen LogP contribution in [0.4, 0.5) is 0 Å². The van der Waals surface area contributed by atoms with Crippen molar-refractivity contribution in [3.63, 3.8) is 0 Å². The van der Waals surface area contributed by atoms with Crippen molar-refractivity contribution in [3.8, 4) is 5.75 Å². The maximum Gasteiger partial charge on any atom is 0.261 e. The third-order valence-corrected chi connectivity index (χ3v) is 4.30. The SMILES string of the molecule is CC(/C=C/C(O)=C1\C(=O)CN(C)C1=O)=C\c1c(O)ccc2ccccc12. The fourth-order valence-corrected chi connectivity index (χ4v) is 2.93. The number of aliphatic hydroxyl groups is 1. The Labute approximate surface area is 151 Å². The van der Waals surface area contributed by atoms with Gasteiger partial charge in [-0.2, -0.15) is 0 Å². The average molecular weight is 349 g/mol. The molecule has 132 valence electrons. The highest BCUT2D eigenvalue weighted by Gasteiger charge is 2.33. The van der Waals surface area contributed by atoms with Crippen molar-refractivity contribution in [2.75, 3.05) is 13.6 Å². The van der Waals surface area contributed by atoms with E-state index in [2.05, 4.69) is 0 Å². The molecular weight excluding hydrogens is 330 g/mol. The molecule has 2 aromatic carbocycles. The summed E-state index contributed by atoms with van der Waals surface area (Å²) in [5.41, 5.74) is 1.23. The van der Waals surface area contributed by atoms with Crippen LogP contribution in [0, 0.1) is 0 Å². The highest BCUT2D eigenvalue weighted by atomic mass is 16.3. The van der Waals surface area contributed by atoms with Crippen LogP contribution in [-0.2, 0) is 9.59 Å². The van der Waals surface area contributed by atoms with Gasteiger partial charge in [-0.25, -0.2) is 0 Å². The van der Waals surface area contributed by atoms with Crippen molar-refractivity contribution >= 4 is 28.5 Å². The van der Waals surface area contributed by atoms with E-state index in [-0.39, 0.29) is 23.6 Å². The minimum Gasteiger partial charge on any atom is -0.507 e. The lowest BCUT2D eigenvalue weighted by Crippen LogP contribution is -2.19. The van der Waals surface area contributed by atoms with Crippen molar-refractivity contribution in [2.45, 2.75) is 6.92 Å². The summed E-state index contributed by atoms with van der Waals surface area (Å²) in [6.07, 6.45) is 4.72. The van der Waals surface area contributed by atoms with Crippen LogP contribution in [-0.4, -0.2) is 40.4 Å². The number of phenolic OH excluding ortho intramolecular Hbond substituents is 1. The van der Waals surface area contributed by atoms with E-state index >= 15 is 0 Å². The van der Waals surface area contributed by atoms with Crippen LogP contribution in [0.25, 0.3) is 16.8 Å². The molecule has 0 aliphatic carbocycles. The van der Waals surface area contributed by atoms with Crippen LogP contribution in [0.3, 0.4) is 0 Å². The molecule has 1 amide bonds. The number of amides is 1. The fourth-order valence-electron chi connectivity index (χ4n) is 2.93. The molecule has 0 bridgehead atoms. The Kier molecular flexibility index (Phi) is 4.63. The largest absolute Gasteiger partial charge is 0.507 e. The molecule has 0 radical (unpaired) electrons. The molecule has 1 heterocycles. The minimum atomic E-state index is -0.481. The van der Waals surface area contributed by atoms with Crippen LogP contribution in [0.2, 0.25) is 0 Å². The Morgan fingerprint density at radius 3 is 2.54 bits per heavy atom. The number of benzene rings is 2. The Bertz CT molecular complexity index is 998. The summed E-state index contributed by atoms with van der Waals surface area (Å²) in [6.45, 7) is 1.78. The average Bonchev–Trinajstić information content (AvgIpc) is 2.87. The first-order valence-corrected chi connectivity index (χ1v) is 8.17. The number of phenols is 1. The minimum absolute atomic E-state index is 0.0231. The smallest absolute Gasteiger partial charge is 0.261 e. The van der Waals surface area contributed by atoms with E-state index in [0.29, 0.717) is 5.56 Å². The summed E-state index contributed by atoms with van der Waals surface area (Å²) >= 11 is 0. The summed E-state index contributed by atoms with van der Waals surface area (Å²) < 4.78 is 0. The monoisotopic (exact) mass is 349 g/mol. The van der Waals surface area contributed by atoms with E-state index in [0.717, 1.165) is 16.3 Å². The first-order valence-electron chi connectivity index (χ1n) is 8.17. The molecule has 0 unspecified atom stereocenters. The zero-order chi connectivity index (χ0) is 18.8. The van der Waals surface area contributed by atoms with Gasteiger partial charge in [0.25, 0.3) is 5.91 Å². The molecule has 0 spiro atoms. The number of allylic oxidation sites excluding steroid dienone is 3. The molecule has 5 nitrogen and oxygen atoms in total. The third-order valence-electron chi connectivity index (χ3n) is 4.30. The normalized spacial score (nSPS) is 17.6. The number of rotatable bonds is 3. The predicted molar refractivity (Wildman–Crippen MR) is 101 cm³/mol. The van der Waals surface area contributed by atoms with E-state index in [1.54, 1.807) is 25.1 Å². The zero-order valence-corrected chi connectivity index (χ0v) is 14.6. The molecule has 1 aliphatic rings. The number of nitrogens with zero attached hydrogens (tertiary/aromatic N) is 1. The summed E-state index contributed by atoms with van der Waals surface area (Å²) in [7, 11) is 1.51. The number of hydrogen-bond donors (Lipinski definition) is 2. The number of ketones is 1. The standard InChI is InChI=1S/C21H19NO4/c1-13(7-9-18(24)20-19(25)12-22(2)21(20)26)11-16-15-6-4-3-5-14(15)8-10-17(16)23/h3-11,23-24H,12H2,1-2H3/b9-7+,13-11+,20-18-. The van der Waals surface area contributed by atoms with Gasteiger partial charge in [-0.15, -0.1) is 0 Å². The Balaban J connectivity index is 1.95. The highest BCUT2D eigenvalue weighted by Crippen LogP contribution is 2.29. The van der Waals surface area contributed by atoms with Crippen LogP contribution in [0.15, 0.2) is 65.5 Å². The summed E-state index contributed by atoms with van der Waals surface area (Å²) in [4.78, 5) is 25.0. The van der Waals surface area contributed by atoms with Crippen LogP contribution in [0.5, 0.6) is 5.75 Å². The number of likely N-dealkylation sites (N-methyl/N-ethyl adjacent to an activating group) is 1. The number of hydrogen-bond acceptors (Lipinski definition) is 4. The molecule has 5 heteroatoms. The molecule has 0 atom stereocenters.